The summed E-state index contributed by atoms with van der Waals surface area (Å²) in [7, 11) is 3.28. The second-order valence-electron chi connectivity index (χ2n) is 5.31. The van der Waals surface area contributed by atoms with E-state index < -0.39 is 10.8 Å². The van der Waals surface area contributed by atoms with Crippen LogP contribution in [0, 0.1) is 17.0 Å². The number of hydrogen-bond donors (Lipinski definition) is 1. The molecule has 2 aromatic rings. The Hall–Kier alpha value is -3.07. The summed E-state index contributed by atoms with van der Waals surface area (Å²) in [5.74, 6) is -0.619. The van der Waals surface area contributed by atoms with Gasteiger partial charge >= 0.3 is 0 Å². The van der Waals surface area contributed by atoms with E-state index in [1.807, 2.05) is 0 Å². The van der Waals surface area contributed by atoms with E-state index in [-0.39, 0.29) is 11.6 Å². The number of aromatic nitrogens is 1. The second-order valence-corrected chi connectivity index (χ2v) is 6.31. The number of nitrogens with one attached hydrogen (secondary N) is 1. The third kappa shape index (κ3) is 4.70. The van der Waals surface area contributed by atoms with Gasteiger partial charge in [0.15, 0.2) is 5.13 Å². The molecule has 0 bridgehead atoms. The number of anilines is 1. The molecule has 0 spiro atoms. The van der Waals surface area contributed by atoms with E-state index in [0.717, 1.165) is 11.3 Å². The number of nitro benzene ring substituents is 1. The molecule has 1 N–H and O–H groups in total. The minimum absolute atomic E-state index is 0.0510. The van der Waals surface area contributed by atoms with E-state index in [1.54, 1.807) is 33.2 Å². The van der Waals surface area contributed by atoms with Crippen molar-refractivity contribution in [3.63, 3.8) is 0 Å². The topological polar surface area (TPSA) is 105 Å². The normalized spacial score (nSPS) is 10.7. The molecule has 0 saturated carbocycles. The molecular weight excluding hydrogens is 344 g/mol. The SMILES string of the molecule is Cc1nc(NC(=O)/C=C/c2cccc([N+](=O)[O-])c2)sc1C(=O)N(C)C. The number of thiazole rings is 1. The van der Waals surface area contributed by atoms with Gasteiger partial charge in [-0.2, -0.15) is 0 Å². The molecule has 0 saturated heterocycles. The van der Waals surface area contributed by atoms with Crippen LogP contribution in [0.1, 0.15) is 20.9 Å². The van der Waals surface area contributed by atoms with E-state index >= 15 is 0 Å². The molecule has 0 aliphatic heterocycles. The maximum atomic E-state index is 12.0. The van der Waals surface area contributed by atoms with Gasteiger partial charge in [-0.1, -0.05) is 23.5 Å². The van der Waals surface area contributed by atoms with Gasteiger partial charge in [0.05, 0.1) is 10.6 Å². The summed E-state index contributed by atoms with van der Waals surface area (Å²) in [6.07, 6.45) is 2.72. The number of non-ortho nitro benzene ring substituents is 1. The van der Waals surface area contributed by atoms with Gasteiger partial charge in [-0.3, -0.25) is 25.0 Å². The van der Waals surface area contributed by atoms with E-state index in [2.05, 4.69) is 10.3 Å². The first-order valence-corrected chi connectivity index (χ1v) is 8.02. The minimum atomic E-state index is -0.501. The van der Waals surface area contributed by atoms with Crippen LogP contribution >= 0.6 is 11.3 Å². The van der Waals surface area contributed by atoms with E-state index in [1.165, 1.54) is 29.2 Å². The zero-order valence-corrected chi connectivity index (χ0v) is 14.7. The van der Waals surface area contributed by atoms with Gasteiger partial charge in [0, 0.05) is 32.3 Å². The third-order valence-electron chi connectivity index (χ3n) is 3.14. The van der Waals surface area contributed by atoms with Crippen LogP contribution in [0.15, 0.2) is 30.3 Å². The fraction of sp³-hybridized carbons (Fsp3) is 0.188. The molecule has 2 rings (SSSR count). The summed E-state index contributed by atoms with van der Waals surface area (Å²) in [5.41, 5.74) is 1.02. The largest absolute Gasteiger partial charge is 0.344 e. The smallest absolute Gasteiger partial charge is 0.270 e. The Bertz CT molecular complexity index is 858. The second kappa shape index (κ2) is 7.67. The minimum Gasteiger partial charge on any atom is -0.344 e. The number of hydrogen-bond acceptors (Lipinski definition) is 6. The van der Waals surface area contributed by atoms with Gasteiger partial charge in [0.2, 0.25) is 5.91 Å². The van der Waals surface area contributed by atoms with E-state index in [9.17, 15) is 19.7 Å². The van der Waals surface area contributed by atoms with Crippen molar-refractivity contribution in [3.05, 3.63) is 56.6 Å². The van der Waals surface area contributed by atoms with Crippen LogP contribution in [0.5, 0.6) is 0 Å². The van der Waals surface area contributed by atoms with Crippen LogP contribution in [0.3, 0.4) is 0 Å². The van der Waals surface area contributed by atoms with Gasteiger partial charge < -0.3 is 4.90 Å². The Balaban J connectivity index is 2.08. The summed E-state index contributed by atoms with van der Waals surface area (Å²) in [5, 5.41) is 13.6. The van der Waals surface area contributed by atoms with Gasteiger partial charge in [-0.05, 0) is 18.6 Å². The van der Waals surface area contributed by atoms with Crippen LogP contribution in [0.2, 0.25) is 0 Å². The highest BCUT2D eigenvalue weighted by molar-refractivity contribution is 7.17. The summed E-state index contributed by atoms with van der Waals surface area (Å²) < 4.78 is 0. The molecule has 8 nitrogen and oxygen atoms in total. The molecule has 0 unspecified atom stereocenters. The average Bonchev–Trinajstić information content (AvgIpc) is 2.92. The molecule has 2 amide bonds. The molecule has 0 aliphatic carbocycles. The van der Waals surface area contributed by atoms with Gasteiger partial charge in [0.25, 0.3) is 11.6 Å². The monoisotopic (exact) mass is 360 g/mol. The summed E-state index contributed by atoms with van der Waals surface area (Å²) in [6, 6.07) is 5.93. The van der Waals surface area contributed by atoms with Crippen LogP contribution in [-0.2, 0) is 4.79 Å². The Labute approximate surface area is 147 Å². The Morgan fingerprint density at radius 2 is 2.08 bits per heavy atom. The van der Waals surface area contributed by atoms with Crippen molar-refractivity contribution in [2.45, 2.75) is 6.92 Å². The quantitative estimate of drug-likeness (QED) is 0.501. The molecule has 0 fully saturated rings. The number of nitro groups is 1. The zero-order valence-electron chi connectivity index (χ0n) is 13.8. The Morgan fingerprint density at radius 1 is 1.36 bits per heavy atom. The van der Waals surface area contributed by atoms with Crippen molar-refractivity contribution in [2.24, 2.45) is 0 Å². The fourth-order valence-electron chi connectivity index (χ4n) is 1.91. The first-order valence-electron chi connectivity index (χ1n) is 7.20. The number of benzene rings is 1. The Kier molecular flexibility index (Phi) is 5.60. The van der Waals surface area contributed by atoms with Gasteiger partial charge in [-0.25, -0.2) is 4.98 Å². The van der Waals surface area contributed by atoms with Crippen molar-refractivity contribution < 1.29 is 14.5 Å². The molecule has 1 aromatic heterocycles. The van der Waals surface area contributed by atoms with Crippen molar-refractivity contribution >= 4 is 40.0 Å². The summed E-state index contributed by atoms with van der Waals surface area (Å²) in [6.45, 7) is 1.70. The molecule has 0 atom stereocenters. The van der Waals surface area contributed by atoms with E-state index in [4.69, 9.17) is 0 Å². The first kappa shape index (κ1) is 18.3. The lowest BCUT2D eigenvalue weighted by atomic mass is 10.2. The third-order valence-corrected chi connectivity index (χ3v) is 4.20. The highest BCUT2D eigenvalue weighted by Gasteiger charge is 2.17. The predicted octanol–water partition coefficient (Wildman–Crippen LogP) is 2.71. The maximum absolute atomic E-state index is 12.0. The first-order chi connectivity index (χ1) is 11.8. The lowest BCUT2D eigenvalue weighted by molar-refractivity contribution is -0.384. The van der Waals surface area contributed by atoms with Crippen molar-refractivity contribution in [1.82, 2.24) is 9.88 Å². The summed E-state index contributed by atoms with van der Waals surface area (Å²) >= 11 is 1.09. The number of rotatable bonds is 5. The lowest BCUT2D eigenvalue weighted by Gasteiger charge is -2.07. The highest BCUT2D eigenvalue weighted by Crippen LogP contribution is 2.23. The lowest BCUT2D eigenvalue weighted by Crippen LogP contribution is -2.21. The molecular formula is C16H16N4O4S. The number of carbonyl (C=O) groups is 2. The molecule has 1 heterocycles. The maximum Gasteiger partial charge on any atom is 0.270 e. The number of nitrogens with zero attached hydrogens (tertiary/aromatic N) is 3. The van der Waals surface area contributed by atoms with Crippen LogP contribution < -0.4 is 5.32 Å². The number of amides is 2. The molecule has 1 aromatic carbocycles. The number of aryl methyl sites for hydroxylation is 1. The Morgan fingerprint density at radius 3 is 2.72 bits per heavy atom. The standard InChI is InChI=1S/C16H16N4O4S/c1-10-14(15(22)19(2)3)25-16(17-10)18-13(21)8-7-11-5-4-6-12(9-11)20(23)24/h4-9H,1-3H3,(H,17,18,21)/b8-7+. The highest BCUT2D eigenvalue weighted by atomic mass is 32.1. The van der Waals surface area contributed by atoms with Gasteiger partial charge in [0.1, 0.15) is 4.88 Å². The van der Waals surface area contributed by atoms with Crippen LogP contribution in [0.4, 0.5) is 10.8 Å². The molecule has 0 radical (unpaired) electrons. The van der Waals surface area contributed by atoms with Crippen LogP contribution in [-0.4, -0.2) is 40.7 Å². The molecule has 25 heavy (non-hydrogen) atoms. The van der Waals surface area contributed by atoms with Crippen molar-refractivity contribution in [2.75, 3.05) is 19.4 Å². The summed E-state index contributed by atoms with van der Waals surface area (Å²) in [4.78, 5) is 40.2. The zero-order chi connectivity index (χ0) is 18.6. The van der Waals surface area contributed by atoms with Crippen molar-refractivity contribution in [3.8, 4) is 0 Å². The molecule has 9 heteroatoms. The molecule has 0 aliphatic rings. The van der Waals surface area contributed by atoms with Gasteiger partial charge in [-0.15, -0.1) is 0 Å². The average molecular weight is 360 g/mol. The van der Waals surface area contributed by atoms with E-state index in [0.29, 0.717) is 21.3 Å². The predicted molar refractivity (Wildman–Crippen MR) is 95.6 cm³/mol. The van der Waals surface area contributed by atoms with Crippen LogP contribution in [0.25, 0.3) is 6.08 Å². The number of carbonyl (C=O) groups excluding carboxylic acids is 2. The fourth-order valence-corrected chi connectivity index (χ4v) is 2.90. The van der Waals surface area contributed by atoms with Crippen molar-refractivity contribution in [1.29, 1.82) is 0 Å². The molecule has 130 valence electrons.